The van der Waals surface area contributed by atoms with E-state index < -0.39 is 0 Å². The topological polar surface area (TPSA) is 35.2 Å². The van der Waals surface area contributed by atoms with E-state index in [0.29, 0.717) is 0 Å². The molecule has 3 heteroatoms. The Morgan fingerprint density at radius 1 is 1.24 bits per heavy atom. The molecule has 17 heavy (non-hydrogen) atoms. The van der Waals surface area contributed by atoms with Crippen LogP contribution in [0.1, 0.15) is 43.2 Å². The van der Waals surface area contributed by atoms with Crippen molar-refractivity contribution in [3.05, 3.63) is 27.7 Å². The maximum absolute atomic E-state index is 6.59. The van der Waals surface area contributed by atoms with Crippen LogP contribution < -0.4 is 10.5 Å². The summed E-state index contributed by atoms with van der Waals surface area (Å²) in [6, 6.07) is 4.20. The van der Waals surface area contributed by atoms with Gasteiger partial charge < -0.3 is 10.5 Å². The zero-order valence-electron chi connectivity index (χ0n) is 10.6. The number of hydrogen-bond donors (Lipinski definition) is 1. The van der Waals surface area contributed by atoms with E-state index in [0.717, 1.165) is 34.2 Å². The van der Waals surface area contributed by atoms with Gasteiger partial charge in [-0.2, -0.15) is 0 Å². The van der Waals surface area contributed by atoms with Gasteiger partial charge in [-0.25, -0.2) is 0 Å². The summed E-state index contributed by atoms with van der Waals surface area (Å²) in [5, 5.41) is 0. The van der Waals surface area contributed by atoms with Crippen molar-refractivity contribution in [2.24, 2.45) is 5.73 Å². The van der Waals surface area contributed by atoms with Gasteiger partial charge in [-0.05, 0) is 37.5 Å². The molecule has 1 aliphatic carbocycles. The molecule has 94 valence electrons. The first kappa shape index (κ1) is 12.9. The van der Waals surface area contributed by atoms with Gasteiger partial charge in [-0.1, -0.05) is 35.2 Å². The smallest absolute Gasteiger partial charge is 0.126 e. The van der Waals surface area contributed by atoms with Gasteiger partial charge in [-0.3, -0.25) is 0 Å². The summed E-state index contributed by atoms with van der Waals surface area (Å²) in [4.78, 5) is 0. The van der Waals surface area contributed by atoms with Crippen LogP contribution in [0.4, 0.5) is 0 Å². The molecule has 0 amide bonds. The predicted octanol–water partition coefficient (Wildman–Crippen LogP) is 3.88. The molecule has 0 aliphatic heterocycles. The fourth-order valence-corrected chi connectivity index (χ4v) is 3.39. The minimum atomic E-state index is -0.210. The normalized spacial score (nSPS) is 19.1. The van der Waals surface area contributed by atoms with Crippen LogP contribution in [0.5, 0.6) is 5.75 Å². The second kappa shape index (κ2) is 4.99. The summed E-state index contributed by atoms with van der Waals surface area (Å²) in [5.41, 5.74) is 8.69. The third-order valence-corrected chi connectivity index (χ3v) is 4.18. The molecule has 1 aliphatic rings. The molecule has 1 aromatic carbocycles. The molecule has 0 saturated heterocycles. The molecule has 0 atom stereocenters. The molecule has 0 aromatic heterocycles. The molecular weight excluding hydrogens is 278 g/mol. The Hall–Kier alpha value is -0.540. The van der Waals surface area contributed by atoms with Crippen LogP contribution in [0.25, 0.3) is 0 Å². The fourth-order valence-electron chi connectivity index (χ4n) is 2.82. The lowest BCUT2D eigenvalue weighted by atomic mass is 9.76. The van der Waals surface area contributed by atoms with Crippen LogP contribution in [0, 0.1) is 6.92 Å². The maximum atomic E-state index is 6.59. The molecule has 1 aromatic rings. The van der Waals surface area contributed by atoms with E-state index in [1.807, 2.05) is 0 Å². The highest BCUT2D eigenvalue weighted by Gasteiger charge is 2.32. The third kappa shape index (κ3) is 2.50. The molecule has 0 heterocycles. The quantitative estimate of drug-likeness (QED) is 0.899. The summed E-state index contributed by atoms with van der Waals surface area (Å²) in [6.45, 7) is 2.07. The molecule has 2 N–H and O–H groups in total. The van der Waals surface area contributed by atoms with Gasteiger partial charge in [0, 0.05) is 15.6 Å². The Morgan fingerprint density at radius 3 is 2.47 bits per heavy atom. The number of rotatable bonds is 2. The Labute approximate surface area is 112 Å². The Balaban J connectivity index is 2.49. The average Bonchev–Trinajstić information content (AvgIpc) is 2.29. The molecule has 2 rings (SSSR count). The summed E-state index contributed by atoms with van der Waals surface area (Å²) in [7, 11) is 1.73. The summed E-state index contributed by atoms with van der Waals surface area (Å²) >= 11 is 3.56. The molecule has 0 spiro atoms. The molecule has 0 unspecified atom stereocenters. The lowest BCUT2D eigenvalue weighted by Crippen LogP contribution is -2.39. The lowest BCUT2D eigenvalue weighted by Gasteiger charge is -2.35. The van der Waals surface area contributed by atoms with Crippen molar-refractivity contribution in [3.8, 4) is 5.75 Å². The monoisotopic (exact) mass is 297 g/mol. The summed E-state index contributed by atoms with van der Waals surface area (Å²) in [5.74, 6) is 0.956. The lowest BCUT2D eigenvalue weighted by molar-refractivity contribution is 0.288. The van der Waals surface area contributed by atoms with Crippen molar-refractivity contribution in [2.45, 2.75) is 44.6 Å². The van der Waals surface area contributed by atoms with Gasteiger partial charge in [0.15, 0.2) is 0 Å². The number of nitrogens with two attached hydrogens (primary N) is 1. The minimum Gasteiger partial charge on any atom is -0.496 e. The average molecular weight is 298 g/mol. The van der Waals surface area contributed by atoms with Crippen molar-refractivity contribution >= 4 is 15.9 Å². The molecule has 1 fully saturated rings. The van der Waals surface area contributed by atoms with Gasteiger partial charge >= 0.3 is 0 Å². The SMILES string of the molecule is COc1c(C)cc(Br)cc1C1(N)CCCCC1. The fraction of sp³-hybridized carbons (Fsp3) is 0.571. The number of hydrogen-bond acceptors (Lipinski definition) is 2. The molecular formula is C14H20BrNO. The van der Waals surface area contributed by atoms with Crippen molar-refractivity contribution in [3.63, 3.8) is 0 Å². The van der Waals surface area contributed by atoms with E-state index >= 15 is 0 Å². The number of methoxy groups -OCH3 is 1. The second-order valence-corrected chi connectivity index (χ2v) is 5.94. The largest absolute Gasteiger partial charge is 0.496 e. The van der Waals surface area contributed by atoms with Gasteiger partial charge in [0.2, 0.25) is 0 Å². The van der Waals surface area contributed by atoms with Crippen LogP contribution >= 0.6 is 15.9 Å². The standard InChI is InChI=1S/C14H20BrNO/c1-10-8-11(15)9-12(13(10)17-2)14(16)6-4-3-5-7-14/h8-9H,3-7,16H2,1-2H3. The highest BCUT2D eigenvalue weighted by atomic mass is 79.9. The second-order valence-electron chi connectivity index (χ2n) is 5.02. The van der Waals surface area contributed by atoms with Crippen LogP contribution in [-0.2, 0) is 5.54 Å². The minimum absolute atomic E-state index is 0.210. The van der Waals surface area contributed by atoms with E-state index in [9.17, 15) is 0 Å². The highest BCUT2D eigenvalue weighted by molar-refractivity contribution is 9.10. The highest BCUT2D eigenvalue weighted by Crippen LogP contribution is 2.41. The van der Waals surface area contributed by atoms with E-state index in [1.165, 1.54) is 19.3 Å². The van der Waals surface area contributed by atoms with Crippen molar-refractivity contribution in [1.82, 2.24) is 0 Å². The molecule has 1 saturated carbocycles. The van der Waals surface area contributed by atoms with Crippen molar-refractivity contribution < 1.29 is 4.74 Å². The zero-order valence-corrected chi connectivity index (χ0v) is 12.1. The number of aryl methyl sites for hydroxylation is 1. The van der Waals surface area contributed by atoms with Crippen molar-refractivity contribution in [2.75, 3.05) is 7.11 Å². The van der Waals surface area contributed by atoms with E-state index in [-0.39, 0.29) is 5.54 Å². The Bertz CT molecular complexity index is 411. The van der Waals surface area contributed by atoms with Gasteiger partial charge in [0.1, 0.15) is 5.75 Å². The van der Waals surface area contributed by atoms with Crippen LogP contribution in [-0.4, -0.2) is 7.11 Å². The van der Waals surface area contributed by atoms with E-state index in [2.05, 4.69) is 35.0 Å². The first-order valence-electron chi connectivity index (χ1n) is 6.20. The van der Waals surface area contributed by atoms with Crippen molar-refractivity contribution in [1.29, 1.82) is 0 Å². The molecule has 0 bridgehead atoms. The molecule has 2 nitrogen and oxygen atoms in total. The first-order chi connectivity index (χ1) is 8.07. The number of ether oxygens (including phenoxy) is 1. The van der Waals surface area contributed by atoms with E-state index in [4.69, 9.17) is 10.5 Å². The van der Waals surface area contributed by atoms with Gasteiger partial charge in [0.25, 0.3) is 0 Å². The first-order valence-corrected chi connectivity index (χ1v) is 6.99. The summed E-state index contributed by atoms with van der Waals surface area (Å²) < 4.78 is 6.63. The van der Waals surface area contributed by atoms with Crippen LogP contribution in [0.2, 0.25) is 0 Å². The predicted molar refractivity (Wildman–Crippen MR) is 74.4 cm³/mol. The van der Waals surface area contributed by atoms with Gasteiger partial charge in [0.05, 0.1) is 7.11 Å². The van der Waals surface area contributed by atoms with Gasteiger partial charge in [-0.15, -0.1) is 0 Å². The van der Waals surface area contributed by atoms with Crippen LogP contribution in [0.3, 0.4) is 0 Å². The number of halogens is 1. The molecule has 0 radical (unpaired) electrons. The Kier molecular flexibility index (Phi) is 3.79. The van der Waals surface area contributed by atoms with E-state index in [1.54, 1.807) is 7.11 Å². The van der Waals surface area contributed by atoms with Crippen LogP contribution in [0.15, 0.2) is 16.6 Å². The number of benzene rings is 1. The maximum Gasteiger partial charge on any atom is 0.126 e. The zero-order chi connectivity index (χ0) is 12.5. The Morgan fingerprint density at radius 2 is 1.88 bits per heavy atom. The third-order valence-electron chi connectivity index (χ3n) is 3.73. The summed E-state index contributed by atoms with van der Waals surface area (Å²) in [6.07, 6.45) is 5.84.